The van der Waals surface area contributed by atoms with Crippen molar-refractivity contribution in [3.63, 3.8) is 0 Å². The summed E-state index contributed by atoms with van der Waals surface area (Å²) in [4.78, 5) is 12.4. The summed E-state index contributed by atoms with van der Waals surface area (Å²) in [5.41, 5.74) is 5.70. The van der Waals surface area contributed by atoms with Crippen molar-refractivity contribution in [1.29, 1.82) is 0 Å². The maximum absolute atomic E-state index is 12.4. The average molecular weight is 529 g/mol. The second-order valence-electron chi connectivity index (χ2n) is 10.6. The van der Waals surface area contributed by atoms with Crippen molar-refractivity contribution in [3.05, 3.63) is 78.4 Å². The highest BCUT2D eigenvalue weighted by molar-refractivity contribution is 5.83. The van der Waals surface area contributed by atoms with Crippen LogP contribution >= 0.6 is 0 Å². The van der Waals surface area contributed by atoms with Crippen LogP contribution in [-0.2, 0) is 9.53 Å². The van der Waals surface area contributed by atoms with Gasteiger partial charge in [0.15, 0.2) is 0 Å². The maximum atomic E-state index is 12.4. The molecule has 0 aliphatic rings. The zero-order valence-electron chi connectivity index (χ0n) is 24.4. The molecule has 0 aliphatic carbocycles. The van der Waals surface area contributed by atoms with E-state index in [4.69, 9.17) is 9.47 Å². The van der Waals surface area contributed by atoms with Gasteiger partial charge in [0.25, 0.3) is 0 Å². The molecule has 1 unspecified atom stereocenters. The Balaban J connectivity index is 1.52. The van der Waals surface area contributed by atoms with Crippen molar-refractivity contribution in [2.24, 2.45) is 0 Å². The molecule has 0 fully saturated rings. The van der Waals surface area contributed by atoms with Gasteiger partial charge in [0, 0.05) is 6.42 Å². The van der Waals surface area contributed by atoms with Crippen LogP contribution in [0.2, 0.25) is 0 Å². The van der Waals surface area contributed by atoms with Crippen LogP contribution < -0.4 is 4.74 Å². The number of esters is 1. The minimum absolute atomic E-state index is 0.0966. The number of ether oxygens (including phenoxy) is 2. The van der Waals surface area contributed by atoms with Crippen LogP contribution in [0.15, 0.2) is 72.8 Å². The van der Waals surface area contributed by atoms with Crippen LogP contribution in [0.5, 0.6) is 5.75 Å². The second-order valence-corrected chi connectivity index (χ2v) is 10.6. The lowest BCUT2D eigenvalue weighted by Crippen LogP contribution is -2.08. The van der Waals surface area contributed by atoms with Crippen LogP contribution in [0.1, 0.15) is 109 Å². The number of hydrogen-bond donors (Lipinski definition) is 0. The third kappa shape index (κ3) is 10.5. The molecule has 3 aromatic carbocycles. The minimum atomic E-state index is -0.249. The summed E-state index contributed by atoms with van der Waals surface area (Å²) in [6.07, 6.45) is 13.5. The van der Waals surface area contributed by atoms with Gasteiger partial charge >= 0.3 is 5.97 Å². The fourth-order valence-corrected chi connectivity index (χ4v) is 4.92. The Labute approximate surface area is 237 Å². The van der Waals surface area contributed by atoms with Crippen molar-refractivity contribution >= 4 is 5.97 Å². The first kappa shape index (κ1) is 30.5. The van der Waals surface area contributed by atoms with Gasteiger partial charge in [-0.15, -0.1) is 0 Å². The third-order valence-corrected chi connectivity index (χ3v) is 7.34. The van der Waals surface area contributed by atoms with Crippen molar-refractivity contribution in [2.75, 3.05) is 6.61 Å². The smallest absolute Gasteiger partial charge is 0.306 e. The van der Waals surface area contributed by atoms with Gasteiger partial charge in [-0.3, -0.25) is 4.79 Å². The van der Waals surface area contributed by atoms with Crippen LogP contribution in [0.4, 0.5) is 0 Å². The number of benzene rings is 3. The molecular weight excluding hydrogens is 480 g/mol. The minimum Gasteiger partial charge on any atom is -0.494 e. The molecule has 0 N–H and O–H groups in total. The number of unbranched alkanes of at least 4 members (excludes halogenated alkanes) is 9. The van der Waals surface area contributed by atoms with E-state index < -0.39 is 0 Å². The number of carbonyl (C=O) groups excluding carboxylic acids is 1. The highest BCUT2D eigenvalue weighted by Crippen LogP contribution is 2.33. The molecule has 0 aromatic heterocycles. The lowest BCUT2D eigenvalue weighted by molar-refractivity contribution is -0.148. The largest absolute Gasteiger partial charge is 0.494 e. The van der Waals surface area contributed by atoms with Gasteiger partial charge in [-0.2, -0.15) is 0 Å². The maximum Gasteiger partial charge on any atom is 0.306 e. The normalized spacial score (nSPS) is 11.8. The van der Waals surface area contributed by atoms with Crippen molar-refractivity contribution in [2.45, 2.75) is 104 Å². The van der Waals surface area contributed by atoms with Gasteiger partial charge in [-0.05, 0) is 59.7 Å². The van der Waals surface area contributed by atoms with Crippen LogP contribution in [0.25, 0.3) is 22.3 Å². The number of rotatable bonds is 18. The van der Waals surface area contributed by atoms with E-state index in [2.05, 4.69) is 86.6 Å². The van der Waals surface area contributed by atoms with Gasteiger partial charge in [0.1, 0.15) is 11.9 Å². The van der Waals surface area contributed by atoms with Crippen molar-refractivity contribution in [1.82, 2.24) is 0 Å². The quantitative estimate of drug-likeness (QED) is 0.122. The van der Waals surface area contributed by atoms with E-state index in [0.29, 0.717) is 6.42 Å². The molecule has 0 amide bonds. The lowest BCUT2D eigenvalue weighted by Gasteiger charge is -2.15. The first-order valence-corrected chi connectivity index (χ1v) is 15.2. The van der Waals surface area contributed by atoms with Crippen molar-refractivity contribution in [3.8, 4) is 28.0 Å². The van der Waals surface area contributed by atoms with E-state index in [1.54, 1.807) is 0 Å². The second kappa shape index (κ2) is 17.5. The Morgan fingerprint density at radius 3 is 1.74 bits per heavy atom. The fraction of sp³-hybridized carbons (Fsp3) is 0.472. The van der Waals surface area contributed by atoms with Gasteiger partial charge in [-0.25, -0.2) is 0 Å². The molecule has 0 heterocycles. The SMILES string of the molecule is CCCCCCCCCCC(=O)OC(C)c1ccc(-c2ccccc2-c2ccc(OCCCCC)cc2)cc1. The first-order valence-electron chi connectivity index (χ1n) is 15.2. The summed E-state index contributed by atoms with van der Waals surface area (Å²) < 4.78 is 11.6. The monoisotopic (exact) mass is 528 g/mol. The Hall–Kier alpha value is -3.07. The predicted octanol–water partition coefficient (Wildman–Crippen LogP) is 10.7. The summed E-state index contributed by atoms with van der Waals surface area (Å²) in [5.74, 6) is 0.823. The zero-order chi connectivity index (χ0) is 27.7. The Morgan fingerprint density at radius 2 is 1.15 bits per heavy atom. The third-order valence-electron chi connectivity index (χ3n) is 7.34. The van der Waals surface area contributed by atoms with E-state index in [0.717, 1.165) is 42.7 Å². The molecule has 3 aromatic rings. The summed E-state index contributed by atoms with van der Waals surface area (Å²) >= 11 is 0. The summed E-state index contributed by atoms with van der Waals surface area (Å²) in [6.45, 7) is 7.17. The molecule has 0 saturated carbocycles. The first-order chi connectivity index (χ1) is 19.1. The summed E-state index contributed by atoms with van der Waals surface area (Å²) in [6, 6.07) is 25.3. The predicted molar refractivity (Wildman–Crippen MR) is 164 cm³/mol. The summed E-state index contributed by atoms with van der Waals surface area (Å²) in [7, 11) is 0. The Bertz CT molecular complexity index is 1090. The van der Waals surface area contributed by atoms with Crippen LogP contribution in [-0.4, -0.2) is 12.6 Å². The molecular formula is C36H48O3. The molecule has 210 valence electrons. The molecule has 3 rings (SSSR count). The molecule has 0 bridgehead atoms. The van der Waals surface area contributed by atoms with Gasteiger partial charge in [0.2, 0.25) is 0 Å². The zero-order valence-corrected chi connectivity index (χ0v) is 24.4. The van der Waals surface area contributed by atoms with E-state index in [1.165, 1.54) is 68.1 Å². The van der Waals surface area contributed by atoms with Crippen molar-refractivity contribution < 1.29 is 14.3 Å². The lowest BCUT2D eigenvalue weighted by atomic mass is 9.94. The van der Waals surface area contributed by atoms with E-state index >= 15 is 0 Å². The average Bonchev–Trinajstić information content (AvgIpc) is 2.97. The Kier molecular flexibility index (Phi) is 13.7. The Morgan fingerprint density at radius 1 is 0.641 bits per heavy atom. The molecule has 0 spiro atoms. The summed E-state index contributed by atoms with van der Waals surface area (Å²) in [5, 5.41) is 0. The van der Waals surface area contributed by atoms with E-state index in [1.807, 2.05) is 6.92 Å². The molecule has 0 radical (unpaired) electrons. The number of hydrogen-bond acceptors (Lipinski definition) is 3. The van der Waals surface area contributed by atoms with Gasteiger partial charge in [0.05, 0.1) is 6.61 Å². The highest BCUT2D eigenvalue weighted by Gasteiger charge is 2.13. The van der Waals surface area contributed by atoms with Crippen LogP contribution in [0, 0.1) is 0 Å². The van der Waals surface area contributed by atoms with Crippen LogP contribution in [0.3, 0.4) is 0 Å². The molecule has 3 heteroatoms. The number of carbonyl (C=O) groups is 1. The fourth-order valence-electron chi connectivity index (χ4n) is 4.92. The van der Waals surface area contributed by atoms with Gasteiger partial charge < -0.3 is 9.47 Å². The standard InChI is InChI=1S/C36H48O3/c1-4-6-8-9-10-11-12-13-19-36(37)39-29(3)30-20-22-31(23-21-30)34-17-14-15-18-35(34)32-24-26-33(27-25-32)38-28-16-7-5-2/h14-15,17-18,20-27,29H,4-13,16,19,28H2,1-3H3. The van der Waals surface area contributed by atoms with E-state index in [9.17, 15) is 4.79 Å². The molecule has 3 nitrogen and oxygen atoms in total. The highest BCUT2D eigenvalue weighted by atomic mass is 16.5. The molecule has 39 heavy (non-hydrogen) atoms. The molecule has 0 aliphatic heterocycles. The van der Waals surface area contributed by atoms with E-state index in [-0.39, 0.29) is 12.1 Å². The topological polar surface area (TPSA) is 35.5 Å². The van der Waals surface area contributed by atoms with Gasteiger partial charge in [-0.1, -0.05) is 132 Å². The molecule has 1 atom stereocenters. The molecule has 0 saturated heterocycles.